The number of carbonyl (C=O) groups excluding carboxylic acids is 1. The summed E-state index contributed by atoms with van der Waals surface area (Å²) in [5.41, 5.74) is 3.58. The average Bonchev–Trinajstić information content (AvgIpc) is 2.87. The Bertz CT molecular complexity index is 806. The molecule has 3 aromatic rings. The van der Waals surface area contributed by atoms with Crippen LogP contribution in [0, 0.1) is 6.92 Å². The first-order chi connectivity index (χ1) is 10.7. The van der Waals surface area contributed by atoms with Crippen molar-refractivity contribution in [2.45, 2.75) is 20.4 Å². The second-order valence-electron chi connectivity index (χ2n) is 5.04. The fourth-order valence-corrected chi connectivity index (χ4v) is 2.37. The summed E-state index contributed by atoms with van der Waals surface area (Å²) in [7, 11) is 0. The fourth-order valence-electron chi connectivity index (χ4n) is 2.37. The number of carbonyl (C=O) groups is 1. The molecule has 112 valence electrons. The van der Waals surface area contributed by atoms with Gasteiger partial charge in [0.1, 0.15) is 17.9 Å². The summed E-state index contributed by atoms with van der Waals surface area (Å²) in [4.78, 5) is 20.9. The molecular weight excluding hydrogens is 278 g/mol. The van der Waals surface area contributed by atoms with Gasteiger partial charge < -0.3 is 4.74 Å². The first-order valence-electron chi connectivity index (χ1n) is 7.23. The van der Waals surface area contributed by atoms with Gasteiger partial charge in [-0.3, -0.25) is 9.36 Å². The number of esters is 1. The number of rotatable bonds is 4. The number of aryl methyl sites for hydroxylation is 1. The third-order valence-electron chi connectivity index (χ3n) is 3.41. The van der Waals surface area contributed by atoms with Gasteiger partial charge in [0.2, 0.25) is 0 Å². The van der Waals surface area contributed by atoms with E-state index in [9.17, 15) is 4.79 Å². The number of fused-ring (bicyclic) bond motifs is 1. The third kappa shape index (κ3) is 2.70. The van der Waals surface area contributed by atoms with Gasteiger partial charge in [-0.15, -0.1) is 0 Å². The van der Waals surface area contributed by atoms with Crippen molar-refractivity contribution in [3.63, 3.8) is 0 Å². The highest BCUT2D eigenvalue weighted by molar-refractivity contribution is 5.80. The maximum Gasteiger partial charge on any atom is 0.326 e. The van der Waals surface area contributed by atoms with E-state index >= 15 is 0 Å². The largest absolute Gasteiger partial charge is 0.465 e. The molecule has 0 saturated carbocycles. The zero-order valence-corrected chi connectivity index (χ0v) is 12.6. The Hall–Kier alpha value is -2.69. The number of benzene rings is 1. The second kappa shape index (κ2) is 5.97. The summed E-state index contributed by atoms with van der Waals surface area (Å²) in [6, 6.07) is 11.8. The number of aromatic nitrogens is 3. The van der Waals surface area contributed by atoms with E-state index in [4.69, 9.17) is 4.74 Å². The van der Waals surface area contributed by atoms with Crippen LogP contribution in [0.25, 0.3) is 22.6 Å². The molecule has 0 radical (unpaired) electrons. The van der Waals surface area contributed by atoms with Crippen LogP contribution in [0.5, 0.6) is 0 Å². The molecule has 0 aliphatic heterocycles. The summed E-state index contributed by atoms with van der Waals surface area (Å²) >= 11 is 0. The molecule has 1 aromatic carbocycles. The predicted molar refractivity (Wildman–Crippen MR) is 84.3 cm³/mol. The molecule has 3 rings (SSSR count). The van der Waals surface area contributed by atoms with Gasteiger partial charge in [0.25, 0.3) is 0 Å². The van der Waals surface area contributed by atoms with Crippen molar-refractivity contribution in [1.29, 1.82) is 0 Å². The van der Waals surface area contributed by atoms with Crippen LogP contribution < -0.4 is 0 Å². The summed E-state index contributed by atoms with van der Waals surface area (Å²) < 4.78 is 6.86. The van der Waals surface area contributed by atoms with Gasteiger partial charge in [-0.05, 0) is 26.0 Å². The van der Waals surface area contributed by atoms with Gasteiger partial charge in [-0.2, -0.15) is 0 Å². The summed E-state index contributed by atoms with van der Waals surface area (Å²) in [6.07, 6.45) is 1.70. The minimum absolute atomic E-state index is 0.102. The lowest BCUT2D eigenvalue weighted by atomic mass is 10.1. The highest BCUT2D eigenvalue weighted by Crippen LogP contribution is 2.24. The van der Waals surface area contributed by atoms with Crippen LogP contribution in [0.15, 0.2) is 42.6 Å². The van der Waals surface area contributed by atoms with Crippen LogP contribution in [0.1, 0.15) is 12.5 Å². The van der Waals surface area contributed by atoms with Crippen molar-refractivity contribution in [2.75, 3.05) is 6.61 Å². The van der Waals surface area contributed by atoms with E-state index in [0.29, 0.717) is 12.3 Å². The lowest BCUT2D eigenvalue weighted by molar-refractivity contribution is -0.143. The number of ether oxygens (including phenoxy) is 1. The molecule has 0 unspecified atom stereocenters. The number of hydrogen-bond donors (Lipinski definition) is 0. The third-order valence-corrected chi connectivity index (χ3v) is 3.41. The Kier molecular flexibility index (Phi) is 3.87. The van der Waals surface area contributed by atoms with Gasteiger partial charge >= 0.3 is 5.97 Å². The van der Waals surface area contributed by atoms with Crippen molar-refractivity contribution >= 4 is 17.1 Å². The van der Waals surface area contributed by atoms with E-state index in [1.54, 1.807) is 17.7 Å². The number of pyridine rings is 1. The molecule has 0 amide bonds. The SMILES string of the molecule is CCOC(=O)Cn1c(-c2ccc(C)cc2)nc2cccnc21. The first kappa shape index (κ1) is 14.3. The zero-order valence-electron chi connectivity index (χ0n) is 12.6. The lowest BCUT2D eigenvalue weighted by Crippen LogP contribution is -2.14. The van der Waals surface area contributed by atoms with Crippen LogP contribution in [-0.4, -0.2) is 27.1 Å². The van der Waals surface area contributed by atoms with Crippen LogP contribution in [0.2, 0.25) is 0 Å². The normalized spacial score (nSPS) is 10.8. The molecule has 22 heavy (non-hydrogen) atoms. The van der Waals surface area contributed by atoms with Crippen LogP contribution in [0.3, 0.4) is 0 Å². The second-order valence-corrected chi connectivity index (χ2v) is 5.04. The molecule has 2 heterocycles. The number of hydrogen-bond acceptors (Lipinski definition) is 4. The lowest BCUT2D eigenvalue weighted by Gasteiger charge is -2.08. The van der Waals surface area contributed by atoms with Crippen LogP contribution in [-0.2, 0) is 16.1 Å². The maximum absolute atomic E-state index is 11.9. The van der Waals surface area contributed by atoms with Crippen molar-refractivity contribution in [1.82, 2.24) is 14.5 Å². The molecule has 5 heteroatoms. The first-order valence-corrected chi connectivity index (χ1v) is 7.23. The molecule has 2 aromatic heterocycles. The van der Waals surface area contributed by atoms with Gasteiger partial charge in [-0.25, -0.2) is 9.97 Å². The highest BCUT2D eigenvalue weighted by Gasteiger charge is 2.16. The molecule has 0 N–H and O–H groups in total. The number of imidazole rings is 1. The van der Waals surface area contributed by atoms with E-state index < -0.39 is 0 Å². The van der Waals surface area contributed by atoms with Crippen molar-refractivity contribution in [2.24, 2.45) is 0 Å². The molecule has 0 spiro atoms. The molecular formula is C17H17N3O2. The monoisotopic (exact) mass is 295 g/mol. The van der Waals surface area contributed by atoms with E-state index in [1.807, 2.05) is 43.3 Å². The zero-order chi connectivity index (χ0) is 15.5. The Morgan fingerprint density at radius 3 is 2.73 bits per heavy atom. The summed E-state index contributed by atoms with van der Waals surface area (Å²) in [6.45, 7) is 4.29. The molecule has 5 nitrogen and oxygen atoms in total. The van der Waals surface area contributed by atoms with Crippen LogP contribution >= 0.6 is 0 Å². The van der Waals surface area contributed by atoms with Gasteiger partial charge in [-0.1, -0.05) is 29.8 Å². The molecule has 0 saturated heterocycles. The average molecular weight is 295 g/mol. The molecule has 0 bridgehead atoms. The van der Waals surface area contributed by atoms with Gasteiger partial charge in [0.05, 0.1) is 6.61 Å². The van der Waals surface area contributed by atoms with Crippen molar-refractivity contribution in [3.8, 4) is 11.4 Å². The Balaban J connectivity index is 2.11. The minimum Gasteiger partial charge on any atom is -0.465 e. The molecule has 0 aliphatic carbocycles. The standard InChI is InChI=1S/C17H17N3O2/c1-3-22-15(21)11-20-16(13-8-6-12(2)7-9-13)19-14-5-4-10-18-17(14)20/h4-10H,3,11H2,1-2H3. The van der Waals surface area contributed by atoms with Crippen LogP contribution in [0.4, 0.5) is 0 Å². The molecule has 0 aliphatic rings. The smallest absolute Gasteiger partial charge is 0.326 e. The highest BCUT2D eigenvalue weighted by atomic mass is 16.5. The molecule has 0 fully saturated rings. The Labute approximate surface area is 128 Å². The summed E-state index contributed by atoms with van der Waals surface area (Å²) in [5.74, 6) is 0.433. The van der Waals surface area contributed by atoms with Gasteiger partial charge in [0, 0.05) is 11.8 Å². The van der Waals surface area contributed by atoms with E-state index in [2.05, 4.69) is 9.97 Å². The van der Waals surface area contributed by atoms with E-state index in [-0.39, 0.29) is 12.5 Å². The van der Waals surface area contributed by atoms with Gasteiger partial charge in [0.15, 0.2) is 5.65 Å². The van der Waals surface area contributed by atoms with Crippen molar-refractivity contribution in [3.05, 3.63) is 48.2 Å². The Morgan fingerprint density at radius 1 is 1.23 bits per heavy atom. The quantitative estimate of drug-likeness (QED) is 0.694. The number of nitrogens with zero attached hydrogens (tertiary/aromatic N) is 3. The Morgan fingerprint density at radius 2 is 2.00 bits per heavy atom. The maximum atomic E-state index is 11.9. The minimum atomic E-state index is -0.291. The predicted octanol–water partition coefficient (Wildman–Crippen LogP) is 2.97. The van der Waals surface area contributed by atoms with E-state index in [0.717, 1.165) is 16.9 Å². The summed E-state index contributed by atoms with van der Waals surface area (Å²) in [5, 5.41) is 0. The topological polar surface area (TPSA) is 57.0 Å². The van der Waals surface area contributed by atoms with Crippen molar-refractivity contribution < 1.29 is 9.53 Å². The molecule has 0 atom stereocenters. The van der Waals surface area contributed by atoms with E-state index in [1.165, 1.54) is 5.56 Å². The fraction of sp³-hybridized carbons (Fsp3) is 0.235.